The smallest absolute Gasteiger partial charge is 0.304 e. The van der Waals surface area contributed by atoms with Crippen molar-refractivity contribution in [2.45, 2.75) is 12.8 Å². The van der Waals surface area contributed by atoms with Crippen LogP contribution < -0.4 is 10.5 Å². The Morgan fingerprint density at radius 3 is 2.56 bits per heavy atom. The van der Waals surface area contributed by atoms with E-state index in [9.17, 15) is 13.2 Å². The summed E-state index contributed by atoms with van der Waals surface area (Å²) in [6.45, 7) is 0. The van der Waals surface area contributed by atoms with Crippen LogP contribution in [0.3, 0.4) is 0 Å². The third kappa shape index (κ3) is 3.33. The zero-order valence-corrected chi connectivity index (χ0v) is 13.9. The van der Waals surface area contributed by atoms with Crippen molar-refractivity contribution in [1.29, 1.82) is 0 Å². The van der Waals surface area contributed by atoms with E-state index in [-0.39, 0.29) is 5.75 Å². The number of anilines is 1. The van der Waals surface area contributed by atoms with Crippen molar-refractivity contribution in [3.8, 4) is 22.6 Å². The molecule has 2 heterocycles. The quantitative estimate of drug-likeness (QED) is 0.540. The molecule has 0 saturated carbocycles. The number of aromatic nitrogens is 3. The van der Waals surface area contributed by atoms with Crippen molar-refractivity contribution in [3.05, 3.63) is 61.1 Å². The zero-order chi connectivity index (χ0) is 19.0. The fraction of sp³-hybridized carbons (Fsp3) is 0.105. The van der Waals surface area contributed by atoms with Crippen molar-refractivity contribution in [2.75, 3.05) is 5.73 Å². The molecule has 1 unspecified atom stereocenters. The maximum Gasteiger partial charge on any atom is 0.304 e. The summed E-state index contributed by atoms with van der Waals surface area (Å²) >= 11 is 0. The Morgan fingerprint density at radius 1 is 1.04 bits per heavy atom. The molecule has 2 aromatic heterocycles. The van der Waals surface area contributed by atoms with Gasteiger partial charge in [-0.25, -0.2) is 13.5 Å². The van der Waals surface area contributed by atoms with E-state index in [2.05, 4.69) is 14.8 Å². The molecule has 4 aromatic rings. The predicted octanol–water partition coefficient (Wildman–Crippen LogP) is 4.54. The van der Waals surface area contributed by atoms with Crippen molar-refractivity contribution in [1.82, 2.24) is 14.8 Å². The summed E-state index contributed by atoms with van der Waals surface area (Å²) in [7, 11) is 0. The second kappa shape index (κ2) is 6.71. The van der Waals surface area contributed by atoms with E-state index in [1.165, 1.54) is 12.1 Å². The summed E-state index contributed by atoms with van der Waals surface area (Å²) < 4.78 is 43.5. The standard InChI is InChI=1S/C19H15F3N4O/c20-18(21)19(22)27-14-4-2-13(3-5-14)26-10-12(8-25-26)11-1-6-17-15(7-11)16(23)9-24-17/h1-10,18-19,24H,23H2. The van der Waals surface area contributed by atoms with Gasteiger partial charge in [-0.2, -0.15) is 9.49 Å². The third-order valence-electron chi connectivity index (χ3n) is 4.18. The zero-order valence-electron chi connectivity index (χ0n) is 13.9. The molecule has 27 heavy (non-hydrogen) atoms. The third-order valence-corrected chi connectivity index (χ3v) is 4.18. The van der Waals surface area contributed by atoms with Gasteiger partial charge < -0.3 is 15.5 Å². The van der Waals surface area contributed by atoms with Gasteiger partial charge in [0, 0.05) is 28.9 Å². The summed E-state index contributed by atoms with van der Waals surface area (Å²) in [5.74, 6) is 0.0207. The van der Waals surface area contributed by atoms with Crippen molar-refractivity contribution < 1.29 is 17.9 Å². The van der Waals surface area contributed by atoms with Crippen LogP contribution in [0.5, 0.6) is 5.75 Å². The first-order valence-electron chi connectivity index (χ1n) is 8.12. The number of benzene rings is 2. The molecular formula is C19H15F3N4O. The van der Waals surface area contributed by atoms with Gasteiger partial charge in [-0.05, 0) is 42.0 Å². The lowest BCUT2D eigenvalue weighted by atomic mass is 10.1. The van der Waals surface area contributed by atoms with Crippen LogP contribution in [-0.2, 0) is 0 Å². The first-order valence-corrected chi connectivity index (χ1v) is 8.12. The normalized spacial score (nSPS) is 12.6. The summed E-state index contributed by atoms with van der Waals surface area (Å²) in [5, 5.41) is 5.25. The van der Waals surface area contributed by atoms with Crippen LogP contribution in [0.1, 0.15) is 0 Å². The molecule has 0 aliphatic heterocycles. The van der Waals surface area contributed by atoms with E-state index in [1.807, 2.05) is 24.4 Å². The molecule has 0 aliphatic rings. The maximum atomic E-state index is 12.9. The van der Waals surface area contributed by atoms with Crippen LogP contribution in [-0.4, -0.2) is 27.5 Å². The summed E-state index contributed by atoms with van der Waals surface area (Å²) in [5.41, 5.74) is 10.1. The number of nitrogens with one attached hydrogen (secondary N) is 1. The topological polar surface area (TPSA) is 68.9 Å². The molecule has 0 amide bonds. The highest BCUT2D eigenvalue weighted by molar-refractivity contribution is 5.94. The highest BCUT2D eigenvalue weighted by Gasteiger charge is 2.20. The number of nitrogens with two attached hydrogens (primary N) is 1. The van der Waals surface area contributed by atoms with Gasteiger partial charge in [-0.3, -0.25) is 0 Å². The molecule has 0 bridgehead atoms. The fourth-order valence-electron chi connectivity index (χ4n) is 2.79. The average molecular weight is 372 g/mol. The molecule has 0 radical (unpaired) electrons. The predicted molar refractivity (Wildman–Crippen MR) is 96.8 cm³/mol. The second-order valence-electron chi connectivity index (χ2n) is 5.98. The van der Waals surface area contributed by atoms with E-state index >= 15 is 0 Å². The lowest BCUT2D eigenvalue weighted by molar-refractivity contribution is -0.0668. The van der Waals surface area contributed by atoms with Crippen LogP contribution >= 0.6 is 0 Å². The minimum Gasteiger partial charge on any atom is -0.454 e. The number of hydrogen-bond acceptors (Lipinski definition) is 3. The van der Waals surface area contributed by atoms with Gasteiger partial charge in [0.25, 0.3) is 6.36 Å². The molecule has 3 N–H and O–H groups in total. The Labute approximate surface area is 152 Å². The van der Waals surface area contributed by atoms with Crippen molar-refractivity contribution in [3.63, 3.8) is 0 Å². The van der Waals surface area contributed by atoms with Gasteiger partial charge in [-0.1, -0.05) is 6.07 Å². The minimum atomic E-state index is -3.19. The molecule has 0 spiro atoms. The Bertz CT molecular complexity index is 1070. The molecule has 138 valence electrons. The molecule has 5 nitrogen and oxygen atoms in total. The number of alkyl halides is 3. The van der Waals surface area contributed by atoms with Gasteiger partial charge in [0.05, 0.1) is 17.6 Å². The molecular weight excluding hydrogens is 357 g/mol. The summed E-state index contributed by atoms with van der Waals surface area (Å²) in [6.07, 6.45) is -0.551. The van der Waals surface area contributed by atoms with Crippen LogP contribution in [0.4, 0.5) is 18.9 Å². The number of aromatic amines is 1. The molecule has 8 heteroatoms. The average Bonchev–Trinajstić information content (AvgIpc) is 3.29. The molecule has 1 atom stereocenters. The highest BCUT2D eigenvalue weighted by Crippen LogP contribution is 2.28. The number of hydrogen-bond donors (Lipinski definition) is 2. The number of nitrogen functional groups attached to an aromatic ring is 1. The lowest BCUT2D eigenvalue weighted by Crippen LogP contribution is -2.19. The summed E-state index contributed by atoms with van der Waals surface area (Å²) in [4.78, 5) is 3.09. The SMILES string of the molecule is Nc1c[nH]c2ccc(-c3cnn(-c4ccc(OC(F)C(F)F)cc4)c3)cc12. The first-order chi connectivity index (χ1) is 13.0. The molecule has 0 saturated heterocycles. The number of halogens is 3. The van der Waals surface area contributed by atoms with E-state index in [1.54, 1.807) is 29.2 Å². The Balaban J connectivity index is 1.57. The van der Waals surface area contributed by atoms with E-state index in [4.69, 9.17) is 5.73 Å². The van der Waals surface area contributed by atoms with Crippen molar-refractivity contribution >= 4 is 16.6 Å². The van der Waals surface area contributed by atoms with Crippen molar-refractivity contribution in [2.24, 2.45) is 0 Å². The van der Waals surface area contributed by atoms with Gasteiger partial charge in [0.15, 0.2) is 0 Å². The Kier molecular flexibility index (Phi) is 4.23. The number of fused-ring (bicyclic) bond motifs is 1. The largest absolute Gasteiger partial charge is 0.454 e. The Hall–Kier alpha value is -3.42. The number of ether oxygens (including phenoxy) is 1. The van der Waals surface area contributed by atoms with E-state index < -0.39 is 12.8 Å². The van der Waals surface area contributed by atoms with E-state index in [0.29, 0.717) is 11.4 Å². The first kappa shape index (κ1) is 17.0. The lowest BCUT2D eigenvalue weighted by Gasteiger charge is -2.10. The van der Waals surface area contributed by atoms with Crippen LogP contribution in [0, 0.1) is 0 Å². The van der Waals surface area contributed by atoms with Crippen LogP contribution in [0.15, 0.2) is 61.1 Å². The minimum absolute atomic E-state index is 0.0207. The highest BCUT2D eigenvalue weighted by atomic mass is 19.3. The van der Waals surface area contributed by atoms with Gasteiger partial charge in [-0.15, -0.1) is 0 Å². The molecule has 0 fully saturated rings. The second-order valence-corrected chi connectivity index (χ2v) is 5.98. The number of H-pyrrole nitrogens is 1. The van der Waals surface area contributed by atoms with E-state index in [0.717, 1.165) is 22.0 Å². The Morgan fingerprint density at radius 2 is 1.81 bits per heavy atom. The number of nitrogens with zero attached hydrogens (tertiary/aromatic N) is 2. The molecule has 2 aromatic carbocycles. The molecule has 4 rings (SSSR count). The van der Waals surface area contributed by atoms with Crippen LogP contribution in [0.2, 0.25) is 0 Å². The van der Waals surface area contributed by atoms with Gasteiger partial charge in [0.2, 0.25) is 0 Å². The molecule has 0 aliphatic carbocycles. The summed E-state index contributed by atoms with van der Waals surface area (Å²) in [6, 6.07) is 11.9. The van der Waals surface area contributed by atoms with Gasteiger partial charge >= 0.3 is 6.43 Å². The maximum absolute atomic E-state index is 12.9. The fourth-order valence-corrected chi connectivity index (χ4v) is 2.79. The van der Waals surface area contributed by atoms with Crippen LogP contribution in [0.25, 0.3) is 27.7 Å². The monoisotopic (exact) mass is 372 g/mol. The number of rotatable bonds is 5. The van der Waals surface area contributed by atoms with Gasteiger partial charge in [0.1, 0.15) is 5.75 Å².